The summed E-state index contributed by atoms with van der Waals surface area (Å²) in [7, 11) is 0. The van der Waals surface area contributed by atoms with Gasteiger partial charge in [0.05, 0.1) is 35.3 Å². The molecule has 6 nitrogen and oxygen atoms in total. The van der Waals surface area contributed by atoms with Crippen molar-refractivity contribution in [3.05, 3.63) is 102 Å². The lowest BCUT2D eigenvalue weighted by molar-refractivity contribution is -0.137. The Bertz CT molecular complexity index is 1520. The predicted octanol–water partition coefficient (Wildman–Crippen LogP) is 6.14. The van der Waals surface area contributed by atoms with Crippen LogP contribution in [0.5, 0.6) is 0 Å². The van der Waals surface area contributed by atoms with Gasteiger partial charge in [-0.25, -0.2) is 15.0 Å². The highest BCUT2D eigenvalue weighted by molar-refractivity contribution is 5.81. The third-order valence-electron chi connectivity index (χ3n) is 5.88. The summed E-state index contributed by atoms with van der Waals surface area (Å²) in [6.07, 6.45) is -1.17. The molecule has 0 aliphatic heterocycles. The van der Waals surface area contributed by atoms with E-state index >= 15 is 0 Å². The SMILES string of the molecule is C[C@@H](Nc1nccc(-c2c(-c3cccc(C(F)(F)F)c3)nc3cc(CO)ccn23)n1)c1ccccc1. The molecule has 0 bridgehead atoms. The fourth-order valence-electron chi connectivity index (χ4n) is 4.05. The van der Waals surface area contributed by atoms with Gasteiger partial charge >= 0.3 is 6.18 Å². The largest absolute Gasteiger partial charge is 0.416 e. The summed E-state index contributed by atoms with van der Waals surface area (Å²) >= 11 is 0. The van der Waals surface area contributed by atoms with Gasteiger partial charge in [-0.15, -0.1) is 0 Å². The number of aliphatic hydroxyl groups is 1. The molecule has 0 saturated heterocycles. The van der Waals surface area contributed by atoms with Gasteiger partial charge in [0.15, 0.2) is 0 Å². The minimum absolute atomic E-state index is 0.0707. The van der Waals surface area contributed by atoms with Crippen LogP contribution in [0, 0.1) is 0 Å². The van der Waals surface area contributed by atoms with Crippen LogP contribution in [0.4, 0.5) is 19.1 Å². The van der Waals surface area contributed by atoms with Crippen molar-refractivity contribution >= 4 is 11.6 Å². The number of benzene rings is 2. The summed E-state index contributed by atoms with van der Waals surface area (Å²) < 4.78 is 42.1. The quantitative estimate of drug-likeness (QED) is 0.300. The summed E-state index contributed by atoms with van der Waals surface area (Å²) in [5.41, 5.74) is 3.07. The molecule has 0 aliphatic rings. The summed E-state index contributed by atoms with van der Waals surface area (Å²) in [5, 5.41) is 12.8. The number of nitrogens with one attached hydrogen (secondary N) is 1. The number of aliphatic hydroxyl groups excluding tert-OH is 1. The van der Waals surface area contributed by atoms with Gasteiger partial charge in [-0.1, -0.05) is 42.5 Å². The van der Waals surface area contributed by atoms with Crippen molar-refractivity contribution in [3.63, 3.8) is 0 Å². The van der Waals surface area contributed by atoms with Gasteiger partial charge in [-0.2, -0.15) is 13.2 Å². The van der Waals surface area contributed by atoms with Crippen molar-refractivity contribution in [1.29, 1.82) is 0 Å². The first-order valence-electron chi connectivity index (χ1n) is 11.3. The van der Waals surface area contributed by atoms with Gasteiger partial charge in [0.1, 0.15) is 5.65 Å². The third kappa shape index (κ3) is 4.65. The number of nitrogens with zero attached hydrogens (tertiary/aromatic N) is 4. The average Bonchev–Trinajstić information content (AvgIpc) is 3.27. The highest BCUT2D eigenvalue weighted by atomic mass is 19.4. The molecule has 36 heavy (non-hydrogen) atoms. The van der Waals surface area contributed by atoms with Crippen molar-refractivity contribution in [3.8, 4) is 22.6 Å². The summed E-state index contributed by atoms with van der Waals surface area (Å²) in [5.74, 6) is 0.376. The maximum absolute atomic E-state index is 13.4. The molecular weight excluding hydrogens is 467 g/mol. The number of alkyl halides is 3. The van der Waals surface area contributed by atoms with Gasteiger partial charge in [-0.05, 0) is 48.4 Å². The zero-order chi connectivity index (χ0) is 25.3. The Morgan fingerprint density at radius 3 is 2.53 bits per heavy atom. The average molecular weight is 490 g/mol. The highest BCUT2D eigenvalue weighted by Gasteiger charge is 2.31. The fourth-order valence-corrected chi connectivity index (χ4v) is 4.05. The smallest absolute Gasteiger partial charge is 0.392 e. The molecule has 5 rings (SSSR count). The van der Waals surface area contributed by atoms with Crippen LogP contribution in [-0.4, -0.2) is 24.5 Å². The molecule has 0 spiro atoms. The fraction of sp³-hybridized carbons (Fsp3) is 0.148. The van der Waals surface area contributed by atoms with E-state index in [2.05, 4.69) is 20.3 Å². The molecule has 5 aromatic rings. The van der Waals surface area contributed by atoms with E-state index in [-0.39, 0.29) is 12.6 Å². The number of halogens is 3. The van der Waals surface area contributed by atoms with Gasteiger partial charge in [0.25, 0.3) is 0 Å². The van der Waals surface area contributed by atoms with Crippen molar-refractivity contribution < 1.29 is 18.3 Å². The van der Waals surface area contributed by atoms with E-state index in [0.29, 0.717) is 39.8 Å². The lowest BCUT2D eigenvalue weighted by atomic mass is 10.0. The maximum atomic E-state index is 13.4. The number of aromatic nitrogens is 4. The van der Waals surface area contributed by atoms with Crippen LogP contribution < -0.4 is 5.32 Å². The van der Waals surface area contributed by atoms with E-state index in [4.69, 9.17) is 0 Å². The number of hydrogen-bond donors (Lipinski definition) is 2. The molecule has 0 amide bonds. The Morgan fingerprint density at radius 1 is 0.972 bits per heavy atom. The number of hydrogen-bond acceptors (Lipinski definition) is 5. The van der Waals surface area contributed by atoms with Crippen LogP contribution >= 0.6 is 0 Å². The summed E-state index contributed by atoms with van der Waals surface area (Å²) in [6.45, 7) is 1.81. The first kappa shape index (κ1) is 23.5. The van der Waals surface area contributed by atoms with E-state index in [1.54, 1.807) is 41.1 Å². The zero-order valence-electron chi connectivity index (χ0n) is 19.2. The molecule has 0 fully saturated rings. The molecule has 2 N–H and O–H groups in total. The van der Waals surface area contributed by atoms with Crippen LogP contribution in [0.15, 0.2) is 85.2 Å². The molecule has 0 saturated carbocycles. The molecule has 0 aliphatic carbocycles. The van der Waals surface area contributed by atoms with E-state index in [1.165, 1.54) is 6.07 Å². The van der Waals surface area contributed by atoms with Crippen LogP contribution in [0.25, 0.3) is 28.3 Å². The first-order chi connectivity index (χ1) is 17.3. The predicted molar refractivity (Wildman–Crippen MR) is 131 cm³/mol. The lowest BCUT2D eigenvalue weighted by Gasteiger charge is -2.15. The van der Waals surface area contributed by atoms with Gasteiger partial charge < -0.3 is 10.4 Å². The van der Waals surface area contributed by atoms with Crippen molar-refractivity contribution in [2.24, 2.45) is 0 Å². The second kappa shape index (κ2) is 9.43. The van der Waals surface area contributed by atoms with Crippen molar-refractivity contribution in [2.75, 3.05) is 5.32 Å². The lowest BCUT2D eigenvalue weighted by Crippen LogP contribution is -2.09. The van der Waals surface area contributed by atoms with Crippen LogP contribution in [0.2, 0.25) is 0 Å². The summed E-state index contributed by atoms with van der Waals surface area (Å²) in [6, 6.07) is 19.9. The Hall–Kier alpha value is -4.24. The van der Waals surface area contributed by atoms with Crippen molar-refractivity contribution in [1.82, 2.24) is 19.4 Å². The number of pyridine rings is 1. The Kier molecular flexibility index (Phi) is 6.15. The molecule has 3 aromatic heterocycles. The van der Waals surface area contributed by atoms with Crippen molar-refractivity contribution in [2.45, 2.75) is 25.7 Å². The van der Waals surface area contributed by atoms with E-state index in [0.717, 1.165) is 17.7 Å². The van der Waals surface area contributed by atoms with E-state index in [1.807, 2.05) is 37.3 Å². The van der Waals surface area contributed by atoms with E-state index in [9.17, 15) is 18.3 Å². The number of imidazole rings is 1. The standard InChI is InChI=1S/C27H22F3N5O/c1-17(19-6-3-2-4-7-19)32-26-31-12-10-22(33-26)25-24(20-8-5-9-21(15-20)27(28,29)30)34-23-14-18(16-36)11-13-35(23)25/h2-15,17,36H,16H2,1H3,(H,31,32,33)/t17-/m1/s1. The molecule has 3 heterocycles. The third-order valence-corrected chi connectivity index (χ3v) is 5.88. The Labute approximate surface area is 205 Å². The highest BCUT2D eigenvalue weighted by Crippen LogP contribution is 2.36. The van der Waals surface area contributed by atoms with Gasteiger partial charge in [-0.3, -0.25) is 4.40 Å². The second-order valence-corrected chi connectivity index (χ2v) is 8.35. The monoisotopic (exact) mass is 489 g/mol. The molecule has 1 atom stereocenters. The molecule has 0 radical (unpaired) electrons. The zero-order valence-corrected chi connectivity index (χ0v) is 19.2. The Morgan fingerprint density at radius 2 is 1.78 bits per heavy atom. The van der Waals surface area contributed by atoms with Gasteiger partial charge in [0.2, 0.25) is 5.95 Å². The number of fused-ring (bicyclic) bond motifs is 1. The Balaban J connectivity index is 1.63. The first-order valence-corrected chi connectivity index (χ1v) is 11.3. The van der Waals surface area contributed by atoms with Crippen LogP contribution in [0.3, 0.4) is 0 Å². The molecule has 9 heteroatoms. The molecular formula is C27H22F3N5O. The minimum Gasteiger partial charge on any atom is -0.392 e. The topological polar surface area (TPSA) is 75.3 Å². The van der Waals surface area contributed by atoms with E-state index < -0.39 is 11.7 Å². The molecule has 2 aromatic carbocycles. The minimum atomic E-state index is -4.49. The number of anilines is 1. The van der Waals surface area contributed by atoms with Crippen LogP contribution in [-0.2, 0) is 12.8 Å². The van der Waals surface area contributed by atoms with Crippen LogP contribution in [0.1, 0.15) is 29.7 Å². The summed E-state index contributed by atoms with van der Waals surface area (Å²) in [4.78, 5) is 13.6. The second-order valence-electron chi connectivity index (χ2n) is 8.35. The molecule has 0 unspecified atom stereocenters. The number of rotatable bonds is 6. The maximum Gasteiger partial charge on any atom is 0.416 e. The normalized spacial score (nSPS) is 12.6. The van der Waals surface area contributed by atoms with Gasteiger partial charge in [0, 0.05) is 18.0 Å². The molecule has 182 valence electrons.